The molecule has 1 amide bonds. The van der Waals surface area contributed by atoms with Crippen molar-refractivity contribution in [3.05, 3.63) is 42.4 Å². The van der Waals surface area contributed by atoms with Gasteiger partial charge in [0.25, 0.3) is 5.91 Å². The molecule has 136 valence electrons. The number of morpholine rings is 1. The maximum atomic E-state index is 12.4. The van der Waals surface area contributed by atoms with Gasteiger partial charge in [-0.3, -0.25) is 4.79 Å². The van der Waals surface area contributed by atoms with Gasteiger partial charge in [0, 0.05) is 37.6 Å². The first-order chi connectivity index (χ1) is 12.8. The van der Waals surface area contributed by atoms with Crippen molar-refractivity contribution >= 4 is 23.1 Å². The van der Waals surface area contributed by atoms with Crippen molar-refractivity contribution in [2.45, 2.75) is 12.8 Å². The molecule has 4 rings (SSSR count). The number of hydrogen-bond donors (Lipinski definition) is 1. The molecule has 2 fully saturated rings. The van der Waals surface area contributed by atoms with Gasteiger partial charge in [-0.25, -0.2) is 9.97 Å². The fraction of sp³-hybridized carbons (Fsp3) is 0.421. The van der Waals surface area contributed by atoms with E-state index >= 15 is 0 Å². The lowest BCUT2D eigenvalue weighted by molar-refractivity contribution is 0.0298. The lowest BCUT2D eigenvalue weighted by Gasteiger charge is -2.26. The third-order valence-electron chi connectivity index (χ3n) is 4.78. The van der Waals surface area contributed by atoms with Crippen LogP contribution >= 0.6 is 0 Å². The average Bonchev–Trinajstić information content (AvgIpc) is 3.24. The molecule has 0 unspecified atom stereocenters. The normalized spacial score (nSPS) is 17.4. The fourth-order valence-corrected chi connectivity index (χ4v) is 3.31. The Balaban J connectivity index is 1.38. The van der Waals surface area contributed by atoms with Gasteiger partial charge < -0.3 is 19.9 Å². The van der Waals surface area contributed by atoms with Crippen molar-refractivity contribution in [2.75, 3.05) is 49.6 Å². The molecule has 0 aliphatic carbocycles. The number of carbonyl (C=O) groups excluding carboxylic acids is 1. The van der Waals surface area contributed by atoms with Crippen molar-refractivity contribution in [1.82, 2.24) is 14.9 Å². The summed E-state index contributed by atoms with van der Waals surface area (Å²) in [6.45, 7) is 4.62. The first-order valence-corrected chi connectivity index (χ1v) is 9.11. The van der Waals surface area contributed by atoms with Crippen LogP contribution in [0.15, 0.2) is 36.7 Å². The van der Waals surface area contributed by atoms with E-state index in [1.54, 1.807) is 11.1 Å². The number of nitrogens with one attached hydrogen (secondary N) is 1. The molecule has 0 saturated carbocycles. The van der Waals surface area contributed by atoms with Crippen LogP contribution in [0.1, 0.15) is 23.3 Å². The Labute approximate surface area is 153 Å². The van der Waals surface area contributed by atoms with E-state index in [1.165, 1.54) is 24.7 Å². The zero-order chi connectivity index (χ0) is 17.8. The highest BCUT2D eigenvalue weighted by Gasteiger charge is 2.19. The summed E-state index contributed by atoms with van der Waals surface area (Å²) in [6.07, 6.45) is 5.66. The van der Waals surface area contributed by atoms with Gasteiger partial charge in [-0.05, 0) is 37.1 Å². The van der Waals surface area contributed by atoms with Crippen LogP contribution in [0.4, 0.5) is 17.2 Å². The van der Waals surface area contributed by atoms with Crippen LogP contribution in [-0.4, -0.2) is 60.2 Å². The van der Waals surface area contributed by atoms with E-state index in [2.05, 4.69) is 32.3 Å². The molecular weight excluding hydrogens is 330 g/mol. The lowest BCUT2D eigenvalue weighted by Crippen LogP contribution is -2.41. The summed E-state index contributed by atoms with van der Waals surface area (Å²) in [5, 5.41) is 3.23. The molecule has 2 saturated heterocycles. The predicted octanol–water partition coefficient (Wildman–Crippen LogP) is 2.29. The highest BCUT2D eigenvalue weighted by molar-refractivity contribution is 5.92. The lowest BCUT2D eigenvalue weighted by atomic mass is 10.2. The Bertz CT molecular complexity index is 736. The Hall–Kier alpha value is -2.67. The zero-order valence-electron chi connectivity index (χ0n) is 14.7. The molecule has 0 spiro atoms. The molecule has 7 heteroatoms. The number of hydrogen-bond acceptors (Lipinski definition) is 6. The number of anilines is 3. The summed E-state index contributed by atoms with van der Waals surface area (Å²) in [7, 11) is 0. The summed E-state index contributed by atoms with van der Waals surface area (Å²) in [4.78, 5) is 25.1. The molecule has 7 nitrogen and oxygen atoms in total. The van der Waals surface area contributed by atoms with Crippen LogP contribution in [0.2, 0.25) is 0 Å². The third-order valence-corrected chi connectivity index (χ3v) is 4.78. The number of aromatic nitrogens is 2. The maximum absolute atomic E-state index is 12.4. The predicted molar refractivity (Wildman–Crippen MR) is 99.9 cm³/mol. The maximum Gasteiger partial charge on any atom is 0.274 e. The van der Waals surface area contributed by atoms with Crippen LogP contribution in [0, 0.1) is 0 Å². The summed E-state index contributed by atoms with van der Waals surface area (Å²) >= 11 is 0. The van der Waals surface area contributed by atoms with Gasteiger partial charge >= 0.3 is 0 Å². The summed E-state index contributed by atoms with van der Waals surface area (Å²) in [5.41, 5.74) is 2.57. The third kappa shape index (κ3) is 3.77. The van der Waals surface area contributed by atoms with Gasteiger partial charge in [0.1, 0.15) is 11.5 Å². The van der Waals surface area contributed by atoms with Crippen LogP contribution in [-0.2, 0) is 4.74 Å². The second kappa shape index (κ2) is 7.70. The van der Waals surface area contributed by atoms with E-state index < -0.39 is 0 Å². The Kier molecular flexibility index (Phi) is 4.97. The number of benzene rings is 1. The molecule has 1 aromatic carbocycles. The van der Waals surface area contributed by atoms with E-state index in [9.17, 15) is 4.79 Å². The van der Waals surface area contributed by atoms with Crippen LogP contribution in [0.3, 0.4) is 0 Å². The van der Waals surface area contributed by atoms with Crippen molar-refractivity contribution in [2.24, 2.45) is 0 Å². The number of amides is 1. The van der Waals surface area contributed by atoms with E-state index in [1.807, 2.05) is 12.1 Å². The smallest absolute Gasteiger partial charge is 0.274 e. The zero-order valence-corrected chi connectivity index (χ0v) is 14.7. The summed E-state index contributed by atoms with van der Waals surface area (Å²) < 4.78 is 5.27. The second-order valence-corrected chi connectivity index (χ2v) is 6.56. The Morgan fingerprint density at radius 2 is 1.69 bits per heavy atom. The van der Waals surface area contributed by atoms with Crippen LogP contribution in [0.5, 0.6) is 0 Å². The molecule has 2 aliphatic heterocycles. The van der Waals surface area contributed by atoms with Crippen molar-refractivity contribution < 1.29 is 9.53 Å². The second-order valence-electron chi connectivity index (χ2n) is 6.56. The standard InChI is InChI=1S/C19H23N5O2/c25-19(24-9-11-26-12-10-24)17-13-21-18(14-20-17)22-15-3-5-16(6-4-15)23-7-1-2-8-23/h3-6,13-14H,1-2,7-12H2,(H,21,22). The monoisotopic (exact) mass is 353 g/mol. The van der Waals surface area contributed by atoms with Gasteiger partial charge in [0.15, 0.2) is 0 Å². The Morgan fingerprint density at radius 1 is 0.962 bits per heavy atom. The van der Waals surface area contributed by atoms with E-state index in [0.29, 0.717) is 37.8 Å². The molecule has 26 heavy (non-hydrogen) atoms. The van der Waals surface area contributed by atoms with Gasteiger partial charge in [-0.2, -0.15) is 0 Å². The van der Waals surface area contributed by atoms with E-state index in [-0.39, 0.29) is 5.91 Å². The summed E-state index contributed by atoms with van der Waals surface area (Å²) in [5.74, 6) is 0.528. The molecular formula is C19H23N5O2. The van der Waals surface area contributed by atoms with Gasteiger partial charge in [0.05, 0.1) is 25.6 Å². The van der Waals surface area contributed by atoms with Gasteiger partial charge in [-0.1, -0.05) is 0 Å². The average molecular weight is 353 g/mol. The largest absolute Gasteiger partial charge is 0.378 e. The molecule has 0 bridgehead atoms. The number of nitrogens with zero attached hydrogens (tertiary/aromatic N) is 4. The summed E-state index contributed by atoms with van der Waals surface area (Å²) in [6, 6.07) is 8.33. The first-order valence-electron chi connectivity index (χ1n) is 9.11. The molecule has 3 heterocycles. The SMILES string of the molecule is O=C(c1cnc(Nc2ccc(N3CCCC3)cc2)cn1)N1CCOCC1. The molecule has 1 aromatic heterocycles. The Morgan fingerprint density at radius 3 is 2.35 bits per heavy atom. The number of ether oxygens (including phenoxy) is 1. The quantitative estimate of drug-likeness (QED) is 0.909. The van der Waals surface area contributed by atoms with Gasteiger partial charge in [0.2, 0.25) is 0 Å². The minimum Gasteiger partial charge on any atom is -0.378 e. The highest BCUT2D eigenvalue weighted by atomic mass is 16.5. The van der Waals surface area contributed by atoms with Crippen molar-refractivity contribution in [1.29, 1.82) is 0 Å². The molecule has 0 atom stereocenters. The molecule has 1 N–H and O–H groups in total. The van der Waals surface area contributed by atoms with Crippen molar-refractivity contribution in [3.63, 3.8) is 0 Å². The van der Waals surface area contributed by atoms with Crippen LogP contribution < -0.4 is 10.2 Å². The van der Waals surface area contributed by atoms with E-state index in [0.717, 1.165) is 18.8 Å². The number of rotatable bonds is 4. The van der Waals surface area contributed by atoms with Crippen molar-refractivity contribution in [3.8, 4) is 0 Å². The minimum absolute atomic E-state index is 0.0951. The van der Waals surface area contributed by atoms with Crippen LogP contribution in [0.25, 0.3) is 0 Å². The highest BCUT2D eigenvalue weighted by Crippen LogP contribution is 2.23. The fourth-order valence-electron chi connectivity index (χ4n) is 3.31. The molecule has 2 aromatic rings. The first kappa shape index (κ1) is 16.8. The number of carbonyl (C=O) groups is 1. The molecule has 2 aliphatic rings. The van der Waals surface area contributed by atoms with E-state index in [4.69, 9.17) is 4.74 Å². The topological polar surface area (TPSA) is 70.6 Å². The minimum atomic E-state index is -0.0951. The van der Waals surface area contributed by atoms with Gasteiger partial charge in [-0.15, -0.1) is 0 Å². The molecule has 0 radical (unpaired) electrons.